The van der Waals surface area contributed by atoms with Crippen molar-refractivity contribution in [2.45, 2.75) is 18.9 Å². The maximum Gasteiger partial charge on any atom is 0.293 e. The van der Waals surface area contributed by atoms with E-state index < -0.39 is 25.0 Å². The number of alkyl halides is 2. The molecule has 1 fully saturated rings. The minimum atomic E-state index is -3.04. The summed E-state index contributed by atoms with van der Waals surface area (Å²) in [5.41, 5.74) is 0. The van der Waals surface area contributed by atoms with Crippen LogP contribution in [0.2, 0.25) is 0 Å². The summed E-state index contributed by atoms with van der Waals surface area (Å²) in [6, 6.07) is 0. The second kappa shape index (κ2) is 4.97. The number of aryl methyl sites for hydroxylation is 1. The molecule has 0 unspecified atom stereocenters. The van der Waals surface area contributed by atoms with Gasteiger partial charge in [-0.15, -0.1) is 5.10 Å². The first-order chi connectivity index (χ1) is 9.55. The van der Waals surface area contributed by atoms with Crippen molar-refractivity contribution >= 4 is 11.9 Å². The third kappa shape index (κ3) is 2.58. The summed E-state index contributed by atoms with van der Waals surface area (Å²) in [6.45, 7) is 0.317. The second-order valence-corrected chi connectivity index (χ2v) is 4.90. The Balaban J connectivity index is 1.79. The van der Waals surface area contributed by atoms with Crippen molar-refractivity contribution in [3.05, 3.63) is 5.82 Å². The van der Waals surface area contributed by atoms with Crippen LogP contribution < -0.4 is 5.32 Å². The van der Waals surface area contributed by atoms with Crippen LogP contribution in [0.25, 0.3) is 0 Å². The standard InChI is InChI=1S/C11H15F2N5O2/c12-11(13)6-17(4-5-20-7-11)9(19)8-15-10-14-2-1-3-18(10)16-8/h1-7H2,(H,14,15,16). The topological polar surface area (TPSA) is 72.3 Å². The van der Waals surface area contributed by atoms with E-state index in [1.165, 1.54) is 0 Å². The Bertz CT molecular complexity index is 495. The van der Waals surface area contributed by atoms with Gasteiger partial charge < -0.3 is 15.0 Å². The number of halogens is 2. The average Bonchev–Trinajstić information content (AvgIpc) is 2.76. The van der Waals surface area contributed by atoms with E-state index >= 15 is 0 Å². The molecule has 20 heavy (non-hydrogen) atoms. The summed E-state index contributed by atoms with van der Waals surface area (Å²) < 4.78 is 33.3. The fraction of sp³-hybridized carbons (Fsp3) is 0.727. The summed E-state index contributed by atoms with van der Waals surface area (Å²) in [7, 11) is 0. The van der Waals surface area contributed by atoms with Crippen LogP contribution in [0, 0.1) is 0 Å². The number of nitrogens with one attached hydrogen (secondary N) is 1. The molecule has 2 aliphatic rings. The highest BCUT2D eigenvalue weighted by atomic mass is 19.3. The van der Waals surface area contributed by atoms with Gasteiger partial charge in [0.1, 0.15) is 6.61 Å². The number of carbonyl (C=O) groups is 1. The Morgan fingerprint density at radius 2 is 2.25 bits per heavy atom. The zero-order valence-electron chi connectivity index (χ0n) is 10.8. The van der Waals surface area contributed by atoms with Gasteiger partial charge >= 0.3 is 0 Å². The van der Waals surface area contributed by atoms with E-state index in [0.717, 1.165) is 17.9 Å². The van der Waals surface area contributed by atoms with Gasteiger partial charge in [-0.2, -0.15) is 4.98 Å². The lowest BCUT2D eigenvalue weighted by molar-refractivity contribution is -0.0661. The van der Waals surface area contributed by atoms with E-state index in [4.69, 9.17) is 4.74 Å². The number of aromatic nitrogens is 3. The Labute approximate surface area is 113 Å². The van der Waals surface area contributed by atoms with E-state index in [9.17, 15) is 13.6 Å². The Morgan fingerprint density at radius 3 is 3.05 bits per heavy atom. The molecule has 1 aromatic rings. The molecule has 1 aromatic heterocycles. The van der Waals surface area contributed by atoms with E-state index in [2.05, 4.69) is 15.4 Å². The molecule has 0 saturated carbocycles. The lowest BCUT2D eigenvalue weighted by Crippen LogP contribution is -2.41. The number of hydrogen-bond donors (Lipinski definition) is 1. The van der Waals surface area contributed by atoms with Gasteiger partial charge in [-0.3, -0.25) is 4.79 Å². The number of carbonyl (C=O) groups excluding carboxylic acids is 1. The van der Waals surface area contributed by atoms with E-state index in [-0.39, 0.29) is 19.0 Å². The van der Waals surface area contributed by atoms with Crippen LogP contribution in [0.15, 0.2) is 0 Å². The minimum absolute atomic E-state index is 0.0490. The third-order valence-corrected chi connectivity index (χ3v) is 3.22. The van der Waals surface area contributed by atoms with Gasteiger partial charge in [0.05, 0.1) is 13.2 Å². The minimum Gasteiger partial charge on any atom is -0.373 e. The first-order valence-electron chi connectivity index (χ1n) is 6.49. The number of amides is 1. The predicted octanol–water partition coefficient (Wildman–Crippen LogP) is 0.201. The number of fused-ring (bicyclic) bond motifs is 1. The molecule has 3 heterocycles. The quantitative estimate of drug-likeness (QED) is 0.799. The number of anilines is 1. The Morgan fingerprint density at radius 1 is 1.40 bits per heavy atom. The number of nitrogens with zero attached hydrogens (tertiary/aromatic N) is 4. The first-order valence-corrected chi connectivity index (χ1v) is 6.49. The van der Waals surface area contributed by atoms with Gasteiger partial charge in [-0.1, -0.05) is 0 Å². The maximum atomic E-state index is 13.4. The van der Waals surface area contributed by atoms with Gasteiger partial charge in [-0.25, -0.2) is 13.5 Å². The first kappa shape index (κ1) is 13.2. The third-order valence-electron chi connectivity index (χ3n) is 3.22. The van der Waals surface area contributed by atoms with Gasteiger partial charge in [0, 0.05) is 19.6 Å². The monoisotopic (exact) mass is 287 g/mol. The summed E-state index contributed by atoms with van der Waals surface area (Å²) >= 11 is 0. The zero-order valence-corrected chi connectivity index (χ0v) is 10.8. The van der Waals surface area contributed by atoms with E-state index in [1.54, 1.807) is 4.68 Å². The lowest BCUT2D eigenvalue weighted by atomic mass is 10.3. The van der Waals surface area contributed by atoms with Crippen molar-refractivity contribution in [2.24, 2.45) is 0 Å². The van der Waals surface area contributed by atoms with Gasteiger partial charge in [0.15, 0.2) is 0 Å². The smallest absolute Gasteiger partial charge is 0.293 e. The van der Waals surface area contributed by atoms with Crippen LogP contribution in [0.4, 0.5) is 14.7 Å². The molecule has 110 valence electrons. The van der Waals surface area contributed by atoms with Crippen molar-refractivity contribution in [1.82, 2.24) is 19.7 Å². The molecule has 9 heteroatoms. The Hall–Kier alpha value is -1.77. The van der Waals surface area contributed by atoms with Crippen molar-refractivity contribution in [2.75, 3.05) is 38.2 Å². The van der Waals surface area contributed by atoms with Gasteiger partial charge in [0.25, 0.3) is 11.8 Å². The van der Waals surface area contributed by atoms with Crippen LogP contribution in [-0.2, 0) is 11.3 Å². The number of rotatable bonds is 1. The fourth-order valence-electron chi connectivity index (χ4n) is 2.26. The zero-order chi connectivity index (χ0) is 14.2. The van der Waals surface area contributed by atoms with Crippen LogP contribution in [0.3, 0.4) is 0 Å². The molecule has 2 aliphatic heterocycles. The summed E-state index contributed by atoms with van der Waals surface area (Å²) in [5.74, 6) is -3.16. The SMILES string of the molecule is O=C(c1nc2n(n1)CCCN2)N1CCOCC(F)(F)C1. The second-order valence-electron chi connectivity index (χ2n) is 4.90. The van der Waals surface area contributed by atoms with E-state index in [0.29, 0.717) is 12.5 Å². The lowest BCUT2D eigenvalue weighted by Gasteiger charge is -2.21. The molecule has 0 bridgehead atoms. The highest BCUT2D eigenvalue weighted by Crippen LogP contribution is 2.20. The summed E-state index contributed by atoms with van der Waals surface area (Å²) in [5, 5.41) is 7.09. The maximum absolute atomic E-state index is 13.4. The van der Waals surface area contributed by atoms with Crippen molar-refractivity contribution in [3.63, 3.8) is 0 Å². The van der Waals surface area contributed by atoms with Gasteiger partial charge in [-0.05, 0) is 6.42 Å². The highest BCUT2D eigenvalue weighted by molar-refractivity contribution is 5.90. The molecule has 7 nitrogen and oxygen atoms in total. The molecular weight excluding hydrogens is 272 g/mol. The molecule has 0 radical (unpaired) electrons. The van der Waals surface area contributed by atoms with E-state index in [1.807, 2.05) is 0 Å². The highest BCUT2D eigenvalue weighted by Gasteiger charge is 2.37. The van der Waals surface area contributed by atoms with Crippen molar-refractivity contribution < 1.29 is 18.3 Å². The molecule has 1 N–H and O–H groups in total. The van der Waals surface area contributed by atoms with Crippen molar-refractivity contribution in [1.29, 1.82) is 0 Å². The molecule has 0 atom stereocenters. The average molecular weight is 287 g/mol. The molecule has 3 rings (SSSR count). The molecule has 0 aliphatic carbocycles. The van der Waals surface area contributed by atoms with Gasteiger partial charge in [0.2, 0.25) is 11.8 Å². The van der Waals surface area contributed by atoms with Crippen molar-refractivity contribution in [3.8, 4) is 0 Å². The molecule has 1 amide bonds. The molecule has 0 spiro atoms. The number of ether oxygens (including phenoxy) is 1. The normalized spacial score (nSPS) is 21.8. The van der Waals surface area contributed by atoms with Crippen LogP contribution in [0.5, 0.6) is 0 Å². The van der Waals surface area contributed by atoms with Crippen LogP contribution in [-0.4, -0.2) is 64.3 Å². The largest absolute Gasteiger partial charge is 0.373 e. The molecular formula is C11H15F2N5O2. The van der Waals surface area contributed by atoms with Crippen LogP contribution in [0.1, 0.15) is 17.0 Å². The summed E-state index contributed by atoms with van der Waals surface area (Å²) in [4.78, 5) is 17.3. The Kier molecular flexibility index (Phi) is 3.28. The van der Waals surface area contributed by atoms with Crippen LogP contribution >= 0.6 is 0 Å². The number of hydrogen-bond acceptors (Lipinski definition) is 5. The fourth-order valence-corrected chi connectivity index (χ4v) is 2.26. The summed E-state index contributed by atoms with van der Waals surface area (Å²) in [6.07, 6.45) is 0.889. The molecule has 1 saturated heterocycles. The molecule has 0 aromatic carbocycles. The predicted molar refractivity (Wildman–Crippen MR) is 64.8 cm³/mol.